The number of urea groups is 1. The lowest BCUT2D eigenvalue weighted by molar-refractivity contribution is -0.268. The van der Waals surface area contributed by atoms with Crippen LogP contribution in [0.1, 0.15) is 59.9 Å². The van der Waals surface area contributed by atoms with Crippen LogP contribution in [-0.4, -0.2) is 130 Å². The van der Waals surface area contributed by atoms with E-state index < -0.39 is 90.9 Å². The Kier molecular flexibility index (Phi) is 17.4. The normalized spacial score (nSPS) is 21.0. The highest BCUT2D eigenvalue weighted by Gasteiger charge is 2.49. The number of carbonyl (C=O) groups excluding carboxylic acids is 5. The number of carbonyl (C=O) groups is 6. The second kappa shape index (κ2) is 20.6. The zero-order chi connectivity index (χ0) is 40.2. The SMILES string of the molecule is CC(C)N[C@H](C(=O)N[C@@H](CCCNC(N)=O)C(=O)Nc1ccc(COC(=O)C(C)C)cc1O[C@@H]1O[C@H](C(=O)N(C)CC(=O)O)[C@@H](O)[C@H](O)[C@H]1O)C(C)C. The van der Waals surface area contributed by atoms with E-state index in [4.69, 9.17) is 25.1 Å². The van der Waals surface area contributed by atoms with Gasteiger partial charge in [-0.2, -0.15) is 0 Å². The molecule has 2 rings (SSSR count). The van der Waals surface area contributed by atoms with E-state index in [9.17, 15) is 44.1 Å². The highest BCUT2D eigenvalue weighted by atomic mass is 16.7. The molecule has 1 aliphatic rings. The number of hydrogen-bond donors (Lipinski definition) is 9. The summed E-state index contributed by atoms with van der Waals surface area (Å²) in [4.78, 5) is 75.5. The van der Waals surface area contributed by atoms with Crippen LogP contribution < -0.4 is 31.7 Å². The number of nitrogens with zero attached hydrogens (tertiary/aromatic N) is 1. The Bertz CT molecular complexity index is 1440. The smallest absolute Gasteiger partial charge is 0.323 e. The van der Waals surface area contributed by atoms with Gasteiger partial charge in [0, 0.05) is 19.6 Å². The summed E-state index contributed by atoms with van der Waals surface area (Å²) in [6.45, 7) is 9.83. The van der Waals surface area contributed by atoms with Crippen LogP contribution in [-0.2, 0) is 40.1 Å². The number of rotatable bonds is 19. The minimum Gasteiger partial charge on any atom is -0.480 e. The van der Waals surface area contributed by atoms with Crippen LogP contribution in [0.4, 0.5) is 10.5 Å². The van der Waals surface area contributed by atoms with Gasteiger partial charge in [0.25, 0.3) is 5.91 Å². The van der Waals surface area contributed by atoms with Crippen molar-refractivity contribution in [2.75, 3.05) is 25.5 Å². The summed E-state index contributed by atoms with van der Waals surface area (Å²) in [6, 6.07) is 1.62. The van der Waals surface area contributed by atoms with Crippen LogP contribution in [0.2, 0.25) is 0 Å². The predicted molar refractivity (Wildman–Crippen MR) is 188 cm³/mol. The molecular formula is C34H54N6O13. The molecule has 53 heavy (non-hydrogen) atoms. The number of primary amides is 1. The van der Waals surface area contributed by atoms with Crippen LogP contribution in [0.3, 0.4) is 0 Å². The molecule has 1 heterocycles. The highest BCUT2D eigenvalue weighted by molar-refractivity contribution is 5.99. The summed E-state index contributed by atoms with van der Waals surface area (Å²) in [7, 11) is 1.14. The van der Waals surface area contributed by atoms with Crippen molar-refractivity contribution in [3.63, 3.8) is 0 Å². The van der Waals surface area contributed by atoms with Crippen molar-refractivity contribution in [2.45, 2.75) is 110 Å². The molecule has 0 bridgehead atoms. The first kappa shape index (κ1) is 44.6. The molecule has 1 aromatic rings. The molecule has 1 aromatic carbocycles. The van der Waals surface area contributed by atoms with Gasteiger partial charge in [0.1, 0.15) is 43.3 Å². The number of aliphatic carboxylic acids is 1. The number of carboxylic acids is 1. The fourth-order valence-corrected chi connectivity index (χ4v) is 5.15. The van der Waals surface area contributed by atoms with E-state index in [1.54, 1.807) is 13.8 Å². The lowest BCUT2D eigenvalue weighted by Crippen LogP contribution is -2.63. The minimum atomic E-state index is -1.99. The monoisotopic (exact) mass is 754 g/mol. The molecule has 19 heteroatoms. The van der Waals surface area contributed by atoms with Crippen LogP contribution >= 0.6 is 0 Å². The summed E-state index contributed by atoms with van der Waals surface area (Å²) >= 11 is 0. The maximum Gasteiger partial charge on any atom is 0.323 e. The van der Waals surface area contributed by atoms with Crippen LogP contribution in [0, 0.1) is 11.8 Å². The second-order valence-corrected chi connectivity index (χ2v) is 13.7. The first-order valence-corrected chi connectivity index (χ1v) is 17.3. The number of carboxylic acid groups (broad SMARTS) is 1. The van der Waals surface area contributed by atoms with Crippen molar-refractivity contribution in [1.82, 2.24) is 20.9 Å². The topological polar surface area (TPSA) is 288 Å². The summed E-state index contributed by atoms with van der Waals surface area (Å²) in [6.07, 6.45) is -9.32. The highest BCUT2D eigenvalue weighted by Crippen LogP contribution is 2.32. The third-order valence-electron chi connectivity index (χ3n) is 8.02. The molecule has 5 amide bonds. The van der Waals surface area contributed by atoms with Gasteiger partial charge in [-0.25, -0.2) is 4.79 Å². The average Bonchev–Trinajstić information content (AvgIpc) is 3.07. The Labute approximate surface area is 307 Å². The summed E-state index contributed by atoms with van der Waals surface area (Å²) in [5, 5.41) is 52.1. The third-order valence-corrected chi connectivity index (χ3v) is 8.02. The van der Waals surface area contributed by atoms with Gasteiger partial charge in [0.15, 0.2) is 6.10 Å². The number of nitrogens with one attached hydrogen (secondary N) is 4. The lowest BCUT2D eigenvalue weighted by atomic mass is 9.98. The first-order chi connectivity index (χ1) is 24.7. The van der Waals surface area contributed by atoms with Crippen LogP contribution in [0.5, 0.6) is 5.75 Å². The Balaban J connectivity index is 2.49. The van der Waals surface area contributed by atoms with Gasteiger partial charge >= 0.3 is 18.0 Å². The number of hydrogen-bond acceptors (Lipinski definition) is 13. The number of aliphatic hydroxyl groups is 3. The van der Waals surface area contributed by atoms with Crippen molar-refractivity contribution in [3.05, 3.63) is 23.8 Å². The van der Waals surface area contributed by atoms with E-state index in [1.165, 1.54) is 18.2 Å². The van der Waals surface area contributed by atoms with Crippen molar-refractivity contribution < 1.29 is 63.4 Å². The van der Waals surface area contributed by atoms with E-state index in [2.05, 4.69) is 21.3 Å². The summed E-state index contributed by atoms with van der Waals surface area (Å²) < 4.78 is 16.8. The predicted octanol–water partition coefficient (Wildman–Crippen LogP) is -0.990. The Morgan fingerprint density at radius 2 is 1.62 bits per heavy atom. The van der Waals surface area contributed by atoms with E-state index in [-0.39, 0.29) is 49.4 Å². The fraction of sp³-hybridized carbons (Fsp3) is 0.647. The average molecular weight is 755 g/mol. The number of ether oxygens (including phenoxy) is 3. The van der Waals surface area contributed by atoms with Gasteiger partial charge in [-0.3, -0.25) is 24.0 Å². The van der Waals surface area contributed by atoms with E-state index in [0.29, 0.717) is 5.56 Å². The quantitative estimate of drug-likeness (QED) is 0.0606. The molecule has 7 atom stereocenters. The minimum absolute atomic E-state index is 0.0357. The standard InChI is InChI=1S/C34H54N6O13/c1-16(2)24(37-18(5)6)30(47)39-21(9-8-12-36-34(35)50)29(46)38-20-11-10-19(15-51-32(49)17(3)4)13-22(20)52-33-27(45)25(43)26(44)28(53-33)31(48)40(7)14-23(41)42/h10-11,13,16-18,21,24-28,33,37,43-45H,8-9,12,14-15H2,1-7H3,(H,38,46)(H,39,47)(H,41,42)(H3,35,36,50)/t21-,24-,25-,26-,27+,28-,33+/m0/s1. The molecule has 0 aliphatic carbocycles. The maximum absolute atomic E-state index is 13.8. The molecule has 19 nitrogen and oxygen atoms in total. The molecule has 1 saturated heterocycles. The third kappa shape index (κ3) is 13.7. The molecule has 10 N–H and O–H groups in total. The molecule has 0 saturated carbocycles. The molecule has 298 valence electrons. The van der Waals surface area contributed by atoms with Gasteiger partial charge in [-0.1, -0.05) is 47.6 Å². The van der Waals surface area contributed by atoms with Crippen molar-refractivity contribution in [2.24, 2.45) is 17.6 Å². The number of benzene rings is 1. The summed E-state index contributed by atoms with van der Waals surface area (Å²) in [5.41, 5.74) is 5.48. The van der Waals surface area contributed by atoms with E-state index in [1.807, 2.05) is 27.7 Å². The van der Waals surface area contributed by atoms with Gasteiger partial charge in [0.2, 0.25) is 18.1 Å². The van der Waals surface area contributed by atoms with Crippen LogP contribution in [0.15, 0.2) is 18.2 Å². The molecular weight excluding hydrogens is 700 g/mol. The van der Waals surface area contributed by atoms with Gasteiger partial charge in [-0.15, -0.1) is 0 Å². The Morgan fingerprint density at radius 1 is 0.962 bits per heavy atom. The van der Waals surface area contributed by atoms with Gasteiger partial charge in [0.05, 0.1) is 17.6 Å². The molecule has 0 spiro atoms. The van der Waals surface area contributed by atoms with Crippen molar-refractivity contribution in [1.29, 1.82) is 0 Å². The largest absolute Gasteiger partial charge is 0.480 e. The Morgan fingerprint density at radius 3 is 2.19 bits per heavy atom. The van der Waals surface area contributed by atoms with Crippen molar-refractivity contribution in [3.8, 4) is 5.75 Å². The van der Waals surface area contributed by atoms with Crippen molar-refractivity contribution >= 4 is 41.4 Å². The second-order valence-electron chi connectivity index (χ2n) is 13.7. The number of aliphatic hydroxyl groups excluding tert-OH is 3. The van der Waals surface area contributed by atoms with E-state index in [0.717, 1.165) is 11.9 Å². The zero-order valence-corrected chi connectivity index (χ0v) is 31.0. The zero-order valence-electron chi connectivity index (χ0n) is 31.0. The van der Waals surface area contributed by atoms with Gasteiger partial charge in [-0.05, 0) is 36.5 Å². The fourth-order valence-electron chi connectivity index (χ4n) is 5.15. The number of likely N-dealkylation sites (N-methyl/N-ethyl adjacent to an activating group) is 1. The maximum atomic E-state index is 13.8. The number of amides is 5. The van der Waals surface area contributed by atoms with Gasteiger partial charge < -0.3 is 66.5 Å². The number of anilines is 1. The molecule has 1 fully saturated rings. The lowest BCUT2D eigenvalue weighted by Gasteiger charge is -2.40. The molecule has 1 aliphatic heterocycles. The summed E-state index contributed by atoms with van der Waals surface area (Å²) in [5.74, 6) is -4.84. The molecule has 0 radical (unpaired) electrons. The number of esters is 1. The first-order valence-electron chi connectivity index (χ1n) is 17.3. The molecule has 0 unspecified atom stereocenters. The number of nitrogens with two attached hydrogens (primary N) is 1. The van der Waals surface area contributed by atoms with E-state index >= 15 is 0 Å². The molecule has 0 aromatic heterocycles. The Hall–Kier alpha value is -4.56. The van der Waals surface area contributed by atoms with Crippen LogP contribution in [0.25, 0.3) is 0 Å².